The summed E-state index contributed by atoms with van der Waals surface area (Å²) in [6, 6.07) is 11.6. The molecule has 0 radical (unpaired) electrons. The highest BCUT2D eigenvalue weighted by Crippen LogP contribution is 2.26. The molecule has 0 bridgehead atoms. The summed E-state index contributed by atoms with van der Waals surface area (Å²) in [5.74, 6) is -0.145. The Bertz CT molecular complexity index is 905. The molecule has 6 nitrogen and oxygen atoms in total. The molecule has 146 valence electrons. The second-order valence-electron chi connectivity index (χ2n) is 6.56. The van der Waals surface area contributed by atoms with Crippen LogP contribution in [0.4, 0.5) is 0 Å². The number of halogens is 1. The predicted molar refractivity (Wildman–Crippen MR) is 111 cm³/mol. The van der Waals surface area contributed by atoms with E-state index in [0.29, 0.717) is 22.8 Å². The molecule has 1 aliphatic rings. The van der Waals surface area contributed by atoms with Crippen molar-refractivity contribution in [3.63, 3.8) is 0 Å². The van der Waals surface area contributed by atoms with Crippen molar-refractivity contribution in [2.75, 3.05) is 32.8 Å². The van der Waals surface area contributed by atoms with E-state index in [0.717, 1.165) is 31.9 Å². The van der Waals surface area contributed by atoms with Gasteiger partial charge in [0.2, 0.25) is 0 Å². The molecular formula is C20H21ClN4O2S. The maximum Gasteiger partial charge on any atom is 0.255 e. The Morgan fingerprint density at radius 3 is 2.79 bits per heavy atom. The van der Waals surface area contributed by atoms with Gasteiger partial charge in [0.15, 0.2) is 0 Å². The van der Waals surface area contributed by atoms with Gasteiger partial charge in [0.05, 0.1) is 36.7 Å². The van der Waals surface area contributed by atoms with Gasteiger partial charge >= 0.3 is 0 Å². The van der Waals surface area contributed by atoms with Gasteiger partial charge in [0.1, 0.15) is 0 Å². The number of morpholine rings is 1. The highest BCUT2D eigenvalue weighted by molar-refractivity contribution is 7.10. The first kappa shape index (κ1) is 19.1. The van der Waals surface area contributed by atoms with Crippen LogP contribution in [0.2, 0.25) is 5.02 Å². The normalized spacial score (nSPS) is 16.0. The lowest BCUT2D eigenvalue weighted by molar-refractivity contribution is 0.0169. The van der Waals surface area contributed by atoms with Gasteiger partial charge in [-0.1, -0.05) is 29.8 Å². The van der Waals surface area contributed by atoms with E-state index >= 15 is 0 Å². The molecule has 3 aromatic rings. The predicted octanol–water partition coefficient (Wildman–Crippen LogP) is 3.59. The number of carbonyl (C=O) groups is 1. The van der Waals surface area contributed by atoms with Crippen LogP contribution in [0.5, 0.6) is 0 Å². The van der Waals surface area contributed by atoms with Crippen LogP contribution in [0.15, 0.2) is 48.0 Å². The fourth-order valence-electron chi connectivity index (χ4n) is 3.36. The third kappa shape index (κ3) is 4.28. The van der Waals surface area contributed by atoms with Crippen LogP contribution in [0, 0.1) is 0 Å². The van der Waals surface area contributed by atoms with Gasteiger partial charge in [-0.3, -0.25) is 14.8 Å². The molecular weight excluding hydrogens is 396 g/mol. The van der Waals surface area contributed by atoms with E-state index in [-0.39, 0.29) is 11.9 Å². The maximum absolute atomic E-state index is 12.9. The minimum atomic E-state index is -0.145. The van der Waals surface area contributed by atoms with Crippen molar-refractivity contribution in [2.24, 2.45) is 0 Å². The van der Waals surface area contributed by atoms with E-state index in [9.17, 15) is 4.79 Å². The maximum atomic E-state index is 12.9. The monoisotopic (exact) mass is 416 g/mol. The Labute approximate surface area is 172 Å². The van der Waals surface area contributed by atoms with Crippen LogP contribution < -0.4 is 5.32 Å². The first-order valence-corrected chi connectivity index (χ1v) is 10.4. The Kier molecular flexibility index (Phi) is 6.07. The second kappa shape index (κ2) is 8.87. The van der Waals surface area contributed by atoms with Crippen LogP contribution in [0.3, 0.4) is 0 Å². The minimum Gasteiger partial charge on any atom is -0.379 e. The topological polar surface area (TPSA) is 70.2 Å². The van der Waals surface area contributed by atoms with Crippen LogP contribution in [0.1, 0.15) is 21.3 Å². The Balaban J connectivity index is 1.48. The Hall–Kier alpha value is -2.19. The molecule has 1 amide bonds. The first-order valence-electron chi connectivity index (χ1n) is 9.15. The molecule has 0 saturated carbocycles. The number of nitrogens with one attached hydrogen (secondary N) is 2. The summed E-state index contributed by atoms with van der Waals surface area (Å²) >= 11 is 7.68. The van der Waals surface area contributed by atoms with E-state index in [1.54, 1.807) is 29.7 Å². The SMILES string of the molecule is O=C(NC[C@@H](c1cccs1)N1CCOCC1)c1cn[nH]c1-c1ccc(Cl)cc1. The molecule has 0 unspecified atom stereocenters. The average molecular weight is 417 g/mol. The van der Waals surface area contributed by atoms with Crippen molar-refractivity contribution in [3.8, 4) is 11.3 Å². The molecule has 1 saturated heterocycles. The fourth-order valence-corrected chi connectivity index (χ4v) is 4.35. The van der Waals surface area contributed by atoms with Gasteiger partial charge in [0.25, 0.3) is 5.91 Å². The molecule has 2 aromatic heterocycles. The molecule has 0 spiro atoms. The van der Waals surface area contributed by atoms with Crippen molar-refractivity contribution in [3.05, 3.63) is 63.4 Å². The molecule has 2 N–H and O–H groups in total. The lowest BCUT2D eigenvalue weighted by Crippen LogP contribution is -2.43. The van der Waals surface area contributed by atoms with Crippen molar-refractivity contribution in [1.29, 1.82) is 0 Å². The highest BCUT2D eigenvalue weighted by atomic mass is 35.5. The summed E-state index contributed by atoms with van der Waals surface area (Å²) in [7, 11) is 0. The van der Waals surface area contributed by atoms with Crippen LogP contribution in [-0.2, 0) is 4.74 Å². The van der Waals surface area contributed by atoms with Crippen LogP contribution >= 0.6 is 22.9 Å². The second-order valence-corrected chi connectivity index (χ2v) is 7.97. The number of ether oxygens (including phenoxy) is 1. The number of hydrogen-bond acceptors (Lipinski definition) is 5. The zero-order valence-corrected chi connectivity index (χ0v) is 16.8. The summed E-state index contributed by atoms with van der Waals surface area (Å²) in [6.07, 6.45) is 1.56. The van der Waals surface area contributed by atoms with Gasteiger partial charge in [-0.05, 0) is 23.6 Å². The quantitative estimate of drug-likeness (QED) is 0.644. The van der Waals surface area contributed by atoms with Gasteiger partial charge in [-0.2, -0.15) is 5.10 Å². The number of benzene rings is 1. The van der Waals surface area contributed by atoms with Crippen molar-refractivity contribution < 1.29 is 9.53 Å². The highest BCUT2D eigenvalue weighted by Gasteiger charge is 2.25. The van der Waals surface area contributed by atoms with E-state index in [4.69, 9.17) is 16.3 Å². The number of amides is 1. The summed E-state index contributed by atoms with van der Waals surface area (Å²) in [6.45, 7) is 3.70. The number of nitrogens with zero attached hydrogens (tertiary/aromatic N) is 2. The van der Waals surface area contributed by atoms with E-state index < -0.39 is 0 Å². The smallest absolute Gasteiger partial charge is 0.255 e. The number of rotatable bonds is 6. The Morgan fingerprint density at radius 2 is 2.07 bits per heavy atom. The average Bonchev–Trinajstić information content (AvgIpc) is 3.42. The number of aromatic amines is 1. The standard InChI is InChI=1S/C20H21ClN4O2S/c21-15-5-3-14(4-6-15)19-16(12-23-24-19)20(26)22-13-17(18-2-1-11-28-18)25-7-9-27-10-8-25/h1-6,11-12,17H,7-10,13H2,(H,22,26)(H,23,24)/t17-/m0/s1. The molecule has 8 heteroatoms. The van der Waals surface area contributed by atoms with Crippen LogP contribution in [0.25, 0.3) is 11.3 Å². The number of thiophene rings is 1. The molecule has 4 rings (SSSR count). The van der Waals surface area contributed by atoms with E-state index in [1.165, 1.54) is 4.88 Å². The summed E-state index contributed by atoms with van der Waals surface area (Å²) in [4.78, 5) is 16.5. The minimum absolute atomic E-state index is 0.138. The lowest BCUT2D eigenvalue weighted by Gasteiger charge is -2.34. The van der Waals surface area contributed by atoms with E-state index in [1.807, 2.05) is 18.2 Å². The van der Waals surface area contributed by atoms with Gasteiger partial charge in [-0.15, -0.1) is 11.3 Å². The number of H-pyrrole nitrogens is 1. The molecule has 28 heavy (non-hydrogen) atoms. The molecule has 1 atom stereocenters. The first-order chi connectivity index (χ1) is 13.7. The van der Waals surface area contributed by atoms with Gasteiger partial charge < -0.3 is 10.1 Å². The summed E-state index contributed by atoms with van der Waals surface area (Å²) in [5, 5.41) is 12.8. The fraction of sp³-hybridized carbons (Fsp3) is 0.300. The van der Waals surface area contributed by atoms with Crippen molar-refractivity contribution in [1.82, 2.24) is 20.4 Å². The molecule has 3 heterocycles. The number of hydrogen-bond donors (Lipinski definition) is 2. The van der Waals surface area contributed by atoms with Crippen molar-refractivity contribution in [2.45, 2.75) is 6.04 Å². The molecule has 1 aliphatic heterocycles. The van der Waals surface area contributed by atoms with Crippen LogP contribution in [-0.4, -0.2) is 53.9 Å². The summed E-state index contributed by atoms with van der Waals surface area (Å²) < 4.78 is 5.48. The number of carbonyl (C=O) groups excluding carboxylic acids is 1. The van der Waals surface area contributed by atoms with Crippen molar-refractivity contribution >= 4 is 28.8 Å². The summed E-state index contributed by atoms with van der Waals surface area (Å²) in [5.41, 5.74) is 2.08. The Morgan fingerprint density at radius 1 is 1.29 bits per heavy atom. The number of aromatic nitrogens is 2. The third-order valence-electron chi connectivity index (χ3n) is 4.83. The van der Waals surface area contributed by atoms with Gasteiger partial charge in [0, 0.05) is 35.1 Å². The third-order valence-corrected chi connectivity index (χ3v) is 6.06. The van der Waals surface area contributed by atoms with E-state index in [2.05, 4.69) is 31.9 Å². The largest absolute Gasteiger partial charge is 0.379 e. The zero-order chi connectivity index (χ0) is 19.3. The lowest BCUT2D eigenvalue weighted by atomic mass is 10.1. The molecule has 1 aromatic carbocycles. The van der Waals surface area contributed by atoms with Gasteiger partial charge in [-0.25, -0.2) is 0 Å². The molecule has 1 fully saturated rings. The molecule has 0 aliphatic carbocycles. The zero-order valence-electron chi connectivity index (χ0n) is 15.2.